The number of nitrogen functional groups attached to an aromatic ring is 1. The second-order valence-corrected chi connectivity index (χ2v) is 4.87. The van der Waals surface area contributed by atoms with Gasteiger partial charge in [-0.1, -0.05) is 0 Å². The first kappa shape index (κ1) is 16.7. The van der Waals surface area contributed by atoms with Gasteiger partial charge in [0.05, 0.1) is 0 Å². The molecule has 0 saturated heterocycles. The third kappa shape index (κ3) is 4.39. The lowest BCUT2D eigenvalue weighted by molar-refractivity contribution is -0.168. The van der Waals surface area contributed by atoms with Crippen LogP contribution in [0.15, 0.2) is 29.2 Å². The Balaban J connectivity index is 2.22. The molecule has 0 fully saturated rings. The molecule has 9 nitrogen and oxygen atoms in total. The summed E-state index contributed by atoms with van der Waals surface area (Å²) in [6.45, 7) is 2.40. The molecule has 2 N–H and O–H groups in total. The molecule has 0 spiro atoms. The number of carbonyl (C=O) groups excluding carboxylic acids is 2. The van der Waals surface area contributed by atoms with E-state index >= 15 is 0 Å². The van der Waals surface area contributed by atoms with Gasteiger partial charge in [0.1, 0.15) is 24.6 Å². The maximum Gasteiger partial charge on any atom is 0.351 e. The monoisotopic (exact) mass is 323 g/mol. The number of nitrogens with zero attached hydrogens (tertiary/aromatic N) is 2. The van der Waals surface area contributed by atoms with Gasteiger partial charge in [-0.15, -0.1) is 0 Å². The summed E-state index contributed by atoms with van der Waals surface area (Å²) in [5, 5.41) is 0. The highest BCUT2D eigenvalue weighted by Gasteiger charge is 2.31. The molecule has 1 aromatic heterocycles. The molecule has 0 saturated carbocycles. The topological polar surface area (TPSA) is 123 Å². The van der Waals surface area contributed by atoms with Crippen molar-refractivity contribution in [3.63, 3.8) is 0 Å². The Morgan fingerprint density at radius 2 is 2.09 bits per heavy atom. The van der Waals surface area contributed by atoms with Gasteiger partial charge in [0.2, 0.25) is 0 Å². The molecule has 0 aliphatic carbocycles. The van der Waals surface area contributed by atoms with Crippen LogP contribution in [0.4, 0.5) is 5.82 Å². The molecule has 0 amide bonds. The van der Waals surface area contributed by atoms with E-state index in [0.29, 0.717) is 0 Å². The number of nitrogens with two attached hydrogens (primary N) is 1. The average molecular weight is 323 g/mol. The van der Waals surface area contributed by atoms with Crippen molar-refractivity contribution in [2.45, 2.75) is 32.3 Å². The molecule has 0 bridgehead atoms. The lowest BCUT2D eigenvalue weighted by Gasteiger charge is -2.31. The van der Waals surface area contributed by atoms with E-state index in [9.17, 15) is 14.4 Å². The van der Waals surface area contributed by atoms with Gasteiger partial charge in [-0.25, -0.2) is 4.79 Å². The summed E-state index contributed by atoms with van der Waals surface area (Å²) in [5.74, 6) is -0.895. The summed E-state index contributed by atoms with van der Waals surface area (Å²) < 4.78 is 16.9. The predicted octanol–water partition coefficient (Wildman–Crippen LogP) is -0.226. The van der Waals surface area contributed by atoms with E-state index in [1.54, 1.807) is 12.2 Å². The molecule has 1 aromatic rings. The molecule has 0 unspecified atom stereocenters. The second-order valence-electron chi connectivity index (χ2n) is 4.87. The van der Waals surface area contributed by atoms with Gasteiger partial charge in [0.15, 0.2) is 6.23 Å². The minimum Gasteiger partial charge on any atom is -0.463 e. The zero-order valence-electron chi connectivity index (χ0n) is 12.7. The Hall–Kier alpha value is -2.68. The van der Waals surface area contributed by atoms with Crippen LogP contribution in [0.2, 0.25) is 0 Å². The Labute approximate surface area is 131 Å². The summed E-state index contributed by atoms with van der Waals surface area (Å²) >= 11 is 0. The highest BCUT2D eigenvalue weighted by Crippen LogP contribution is 2.22. The summed E-state index contributed by atoms with van der Waals surface area (Å²) in [6, 6.07) is 1.46. The fraction of sp³-hybridized carbons (Fsp3) is 0.429. The lowest BCUT2D eigenvalue weighted by atomic mass is 10.1. The fourth-order valence-electron chi connectivity index (χ4n) is 2.05. The zero-order chi connectivity index (χ0) is 17.0. The third-order valence-electron chi connectivity index (χ3n) is 3.02. The molecule has 1 aliphatic rings. The molecule has 1 aliphatic heterocycles. The number of aromatic nitrogens is 2. The molecule has 0 radical (unpaired) electrons. The van der Waals surface area contributed by atoms with Crippen molar-refractivity contribution in [3.05, 3.63) is 34.9 Å². The molecule has 3 atom stereocenters. The maximum atomic E-state index is 11.9. The van der Waals surface area contributed by atoms with Gasteiger partial charge >= 0.3 is 17.6 Å². The zero-order valence-corrected chi connectivity index (χ0v) is 12.7. The number of anilines is 1. The molecule has 124 valence electrons. The van der Waals surface area contributed by atoms with E-state index in [2.05, 4.69) is 4.98 Å². The van der Waals surface area contributed by atoms with Gasteiger partial charge < -0.3 is 19.9 Å². The average Bonchev–Trinajstić information content (AvgIpc) is 2.46. The third-order valence-corrected chi connectivity index (χ3v) is 3.02. The standard InChI is InChI=1S/C14H17N3O6/c1-8(18)21-7-11-10(22-9(2)19)3-4-13(23-11)17-6-5-12(15)16-14(17)20/h3-6,10-11,13H,7H2,1-2H3,(H2,15,16,20)/t10-,11-,13+/m1/s1. The molecule has 9 heteroatoms. The number of esters is 2. The van der Waals surface area contributed by atoms with Crippen LogP contribution in [0, 0.1) is 0 Å². The Morgan fingerprint density at radius 1 is 1.35 bits per heavy atom. The van der Waals surface area contributed by atoms with Crippen LogP contribution in [-0.4, -0.2) is 40.3 Å². The van der Waals surface area contributed by atoms with Crippen molar-refractivity contribution in [2.75, 3.05) is 12.3 Å². The summed E-state index contributed by atoms with van der Waals surface area (Å²) in [4.78, 5) is 37.6. The van der Waals surface area contributed by atoms with Crippen LogP contribution in [-0.2, 0) is 23.8 Å². The number of hydrogen-bond acceptors (Lipinski definition) is 8. The first-order valence-electron chi connectivity index (χ1n) is 6.86. The minimum atomic E-state index is -0.775. The van der Waals surface area contributed by atoms with Gasteiger partial charge in [-0.2, -0.15) is 4.98 Å². The smallest absolute Gasteiger partial charge is 0.351 e. The number of rotatable bonds is 4. The Bertz CT molecular complexity index is 683. The van der Waals surface area contributed by atoms with Crippen molar-refractivity contribution < 1.29 is 23.8 Å². The lowest BCUT2D eigenvalue weighted by Crippen LogP contribution is -2.42. The van der Waals surface area contributed by atoms with Crippen LogP contribution >= 0.6 is 0 Å². The molecular weight excluding hydrogens is 306 g/mol. The fourth-order valence-corrected chi connectivity index (χ4v) is 2.05. The van der Waals surface area contributed by atoms with E-state index in [4.69, 9.17) is 19.9 Å². The van der Waals surface area contributed by atoms with Crippen molar-refractivity contribution in [1.29, 1.82) is 0 Å². The number of carbonyl (C=O) groups is 2. The predicted molar refractivity (Wildman–Crippen MR) is 78.1 cm³/mol. The van der Waals surface area contributed by atoms with Crippen molar-refractivity contribution >= 4 is 17.8 Å². The van der Waals surface area contributed by atoms with Crippen molar-refractivity contribution in [2.24, 2.45) is 0 Å². The highest BCUT2D eigenvalue weighted by molar-refractivity contribution is 5.66. The Kier molecular flexibility index (Phi) is 5.12. The quantitative estimate of drug-likeness (QED) is 0.595. The van der Waals surface area contributed by atoms with Gasteiger partial charge in [0.25, 0.3) is 0 Å². The summed E-state index contributed by atoms with van der Waals surface area (Å²) in [5.41, 5.74) is 4.86. The van der Waals surface area contributed by atoms with Crippen LogP contribution in [0.25, 0.3) is 0 Å². The Morgan fingerprint density at radius 3 is 2.70 bits per heavy atom. The van der Waals surface area contributed by atoms with Gasteiger partial charge in [-0.3, -0.25) is 14.2 Å². The maximum absolute atomic E-state index is 11.9. The van der Waals surface area contributed by atoms with E-state index in [1.807, 2.05) is 0 Å². The number of ether oxygens (including phenoxy) is 3. The van der Waals surface area contributed by atoms with Crippen molar-refractivity contribution in [1.82, 2.24) is 9.55 Å². The molecule has 0 aromatic carbocycles. The van der Waals surface area contributed by atoms with E-state index < -0.39 is 36.1 Å². The SMILES string of the molecule is CC(=O)OC[C@H]1O[C@H](n2ccc(N)nc2=O)C=C[C@H]1OC(C)=O. The molecule has 23 heavy (non-hydrogen) atoms. The number of hydrogen-bond donors (Lipinski definition) is 1. The van der Waals surface area contributed by atoms with Crippen LogP contribution < -0.4 is 11.4 Å². The van der Waals surface area contributed by atoms with Crippen LogP contribution in [0.5, 0.6) is 0 Å². The van der Waals surface area contributed by atoms with E-state index in [1.165, 1.54) is 30.7 Å². The summed E-state index contributed by atoms with van der Waals surface area (Å²) in [7, 11) is 0. The van der Waals surface area contributed by atoms with Crippen LogP contribution in [0.1, 0.15) is 20.1 Å². The first-order chi connectivity index (χ1) is 10.9. The highest BCUT2D eigenvalue weighted by atomic mass is 16.6. The van der Waals surface area contributed by atoms with Crippen LogP contribution in [0.3, 0.4) is 0 Å². The van der Waals surface area contributed by atoms with Crippen molar-refractivity contribution in [3.8, 4) is 0 Å². The summed E-state index contributed by atoms with van der Waals surface area (Å²) in [6.07, 6.45) is 2.32. The van der Waals surface area contributed by atoms with E-state index in [-0.39, 0.29) is 12.4 Å². The first-order valence-corrected chi connectivity index (χ1v) is 6.86. The van der Waals surface area contributed by atoms with Gasteiger partial charge in [0, 0.05) is 20.0 Å². The minimum absolute atomic E-state index is 0.0975. The molecular formula is C14H17N3O6. The second kappa shape index (κ2) is 7.05. The molecule has 2 rings (SSSR count). The van der Waals surface area contributed by atoms with E-state index in [0.717, 1.165) is 0 Å². The largest absolute Gasteiger partial charge is 0.463 e. The molecule has 2 heterocycles. The van der Waals surface area contributed by atoms with Gasteiger partial charge in [-0.05, 0) is 18.2 Å². The normalized spacial score (nSPS) is 23.3.